The van der Waals surface area contributed by atoms with Crippen LogP contribution in [0.4, 0.5) is 0 Å². The second-order valence-corrected chi connectivity index (χ2v) is 9.71. The number of aromatic hydroxyl groups is 1. The highest BCUT2D eigenvalue weighted by Crippen LogP contribution is 2.39. The van der Waals surface area contributed by atoms with Crippen LogP contribution in [0, 0.1) is 18.8 Å². The minimum atomic E-state index is 0.159. The normalized spacial score (nSPS) is 26.6. The van der Waals surface area contributed by atoms with Crippen LogP contribution in [0.15, 0.2) is 30.5 Å². The average molecular weight is 426 g/mol. The molecule has 30 heavy (non-hydrogen) atoms. The van der Waals surface area contributed by atoms with Gasteiger partial charge in [0.2, 0.25) is 0 Å². The van der Waals surface area contributed by atoms with Crippen molar-refractivity contribution in [1.29, 1.82) is 0 Å². The van der Waals surface area contributed by atoms with Crippen molar-refractivity contribution >= 4 is 11.3 Å². The first-order valence-corrected chi connectivity index (χ1v) is 11.3. The number of phenols is 1. The van der Waals surface area contributed by atoms with Gasteiger partial charge in [0.15, 0.2) is 5.01 Å². The van der Waals surface area contributed by atoms with Crippen LogP contribution in [0.2, 0.25) is 0 Å². The van der Waals surface area contributed by atoms with Crippen LogP contribution in [0.5, 0.6) is 10.9 Å². The summed E-state index contributed by atoms with van der Waals surface area (Å²) in [7, 11) is 2.23. The van der Waals surface area contributed by atoms with Crippen molar-refractivity contribution in [2.45, 2.75) is 45.3 Å². The van der Waals surface area contributed by atoms with Crippen molar-refractivity contribution < 1.29 is 9.84 Å². The maximum absolute atomic E-state index is 10.6. The fourth-order valence-corrected chi connectivity index (χ4v) is 5.86. The smallest absolute Gasteiger partial charge is 0.294 e. The van der Waals surface area contributed by atoms with Crippen LogP contribution in [-0.2, 0) is 0 Å². The van der Waals surface area contributed by atoms with Gasteiger partial charge in [0, 0.05) is 31.3 Å². The molecular weight excluding hydrogens is 398 g/mol. The summed E-state index contributed by atoms with van der Waals surface area (Å²) < 4.78 is 8.02. The number of nitrogens with zero attached hydrogens (tertiary/aromatic N) is 5. The average Bonchev–Trinajstić information content (AvgIpc) is 3.26. The van der Waals surface area contributed by atoms with E-state index in [0.29, 0.717) is 33.6 Å². The molecule has 1 aliphatic carbocycles. The molecular formula is C22H27N5O2S. The van der Waals surface area contributed by atoms with Gasteiger partial charge >= 0.3 is 0 Å². The highest BCUT2D eigenvalue weighted by Gasteiger charge is 2.39. The summed E-state index contributed by atoms with van der Waals surface area (Å²) >= 11 is 1.39. The standard InChI is InChI=1S/C22H27N5O2S/c1-13-8-15-9-17(11-19(13)26(3)12-15)29-22-24-23-21(30-22)18-5-4-16(10-20(18)28)27-7-6-14(2)25-27/h4-7,10,13,15,17,19,28H,8-9,11-12H2,1-3H3. The predicted molar refractivity (Wildman–Crippen MR) is 116 cm³/mol. The second-order valence-electron chi connectivity index (χ2n) is 8.77. The Balaban J connectivity index is 1.32. The molecule has 158 valence electrons. The third-order valence-corrected chi connectivity index (χ3v) is 7.29. The lowest BCUT2D eigenvalue weighted by molar-refractivity contribution is 0.101. The lowest BCUT2D eigenvalue weighted by Gasteiger charge is -2.38. The number of benzene rings is 1. The van der Waals surface area contributed by atoms with Crippen LogP contribution in [0.3, 0.4) is 0 Å². The molecule has 1 aromatic carbocycles. The van der Waals surface area contributed by atoms with E-state index in [4.69, 9.17) is 4.74 Å². The van der Waals surface area contributed by atoms with Gasteiger partial charge in [0.1, 0.15) is 11.9 Å². The van der Waals surface area contributed by atoms with Crippen molar-refractivity contribution in [3.8, 4) is 27.2 Å². The molecule has 1 saturated carbocycles. The van der Waals surface area contributed by atoms with Crippen molar-refractivity contribution in [3.05, 3.63) is 36.2 Å². The Morgan fingerprint density at radius 1 is 1.17 bits per heavy atom. The highest BCUT2D eigenvalue weighted by atomic mass is 32.1. The van der Waals surface area contributed by atoms with Gasteiger partial charge < -0.3 is 14.7 Å². The molecule has 3 fully saturated rings. The molecule has 2 saturated heterocycles. The maximum Gasteiger partial charge on any atom is 0.294 e. The fraction of sp³-hybridized carbons (Fsp3) is 0.500. The molecule has 0 radical (unpaired) electrons. The van der Waals surface area contributed by atoms with E-state index < -0.39 is 0 Å². The SMILES string of the molecule is Cc1ccn(-c2ccc(-c3nnc(OC4CC5CC(C)C(C4)N(C)C5)s3)c(O)c2)n1. The van der Waals surface area contributed by atoms with Crippen LogP contribution in [-0.4, -0.2) is 55.7 Å². The Hall–Kier alpha value is -2.45. The van der Waals surface area contributed by atoms with E-state index in [-0.39, 0.29) is 11.9 Å². The van der Waals surface area contributed by atoms with Gasteiger partial charge in [0.05, 0.1) is 16.9 Å². The molecule has 2 bridgehead atoms. The molecule has 2 aliphatic heterocycles. The number of piperidine rings is 1. The van der Waals surface area contributed by atoms with Gasteiger partial charge in [-0.05, 0) is 56.8 Å². The molecule has 6 rings (SSSR count). The number of fused-ring (bicyclic) bond motifs is 4. The number of phenolic OH excluding ortho intramolecular Hbond substituents is 1. The zero-order valence-electron chi connectivity index (χ0n) is 17.5. The Morgan fingerprint density at radius 2 is 2.03 bits per heavy atom. The summed E-state index contributed by atoms with van der Waals surface area (Å²) in [5, 5.41) is 24.7. The molecule has 4 unspecified atom stereocenters. The van der Waals surface area contributed by atoms with E-state index in [1.54, 1.807) is 10.7 Å². The van der Waals surface area contributed by atoms with Crippen molar-refractivity contribution in [3.63, 3.8) is 0 Å². The van der Waals surface area contributed by atoms with Gasteiger partial charge in [0.25, 0.3) is 5.19 Å². The van der Waals surface area contributed by atoms with Crippen molar-refractivity contribution in [1.82, 2.24) is 24.9 Å². The van der Waals surface area contributed by atoms with Crippen LogP contribution >= 0.6 is 11.3 Å². The topological polar surface area (TPSA) is 76.3 Å². The highest BCUT2D eigenvalue weighted by molar-refractivity contribution is 7.16. The summed E-state index contributed by atoms with van der Waals surface area (Å²) in [5.74, 6) is 1.55. The predicted octanol–water partition coefficient (Wildman–Crippen LogP) is 3.90. The van der Waals surface area contributed by atoms with Gasteiger partial charge in [-0.25, -0.2) is 4.68 Å². The molecule has 0 amide bonds. The summed E-state index contributed by atoms with van der Waals surface area (Å²) in [4.78, 5) is 2.49. The maximum atomic E-state index is 10.6. The van der Waals surface area contributed by atoms with Gasteiger partial charge in [-0.2, -0.15) is 5.10 Å². The Morgan fingerprint density at radius 3 is 2.77 bits per heavy atom. The minimum Gasteiger partial charge on any atom is -0.507 e. The Bertz CT molecular complexity index is 1040. The summed E-state index contributed by atoms with van der Waals surface area (Å²) in [6.45, 7) is 5.45. The molecule has 3 aromatic rings. The third-order valence-electron chi connectivity index (χ3n) is 6.45. The number of aromatic nitrogens is 4. The lowest BCUT2D eigenvalue weighted by Crippen LogP contribution is -2.43. The molecule has 7 nitrogen and oxygen atoms in total. The zero-order chi connectivity index (χ0) is 20.8. The number of hydrogen-bond acceptors (Lipinski definition) is 7. The van der Waals surface area contributed by atoms with E-state index in [2.05, 4.69) is 34.2 Å². The monoisotopic (exact) mass is 425 g/mol. The summed E-state index contributed by atoms with van der Waals surface area (Å²) in [5.41, 5.74) is 2.39. The largest absolute Gasteiger partial charge is 0.507 e. The molecule has 0 spiro atoms. The third kappa shape index (κ3) is 3.70. The zero-order valence-corrected chi connectivity index (χ0v) is 18.3. The first kappa shape index (κ1) is 19.5. The second kappa shape index (κ2) is 7.67. The van der Waals surface area contributed by atoms with E-state index in [9.17, 15) is 5.11 Å². The summed E-state index contributed by atoms with van der Waals surface area (Å²) in [6, 6.07) is 7.98. The Labute approximate surface area is 180 Å². The number of hydrogen-bond donors (Lipinski definition) is 1. The first-order valence-electron chi connectivity index (χ1n) is 10.5. The minimum absolute atomic E-state index is 0.159. The number of ether oxygens (including phenoxy) is 1. The molecule has 4 atom stereocenters. The van der Waals surface area contributed by atoms with E-state index in [1.807, 2.05) is 31.3 Å². The quantitative estimate of drug-likeness (QED) is 0.683. The Kier molecular flexibility index (Phi) is 4.99. The number of rotatable bonds is 4. The van der Waals surface area contributed by atoms with Crippen molar-refractivity contribution in [2.75, 3.05) is 13.6 Å². The van der Waals surface area contributed by atoms with Crippen LogP contribution in [0.1, 0.15) is 31.9 Å². The molecule has 3 aliphatic rings. The van der Waals surface area contributed by atoms with E-state index in [1.165, 1.54) is 17.8 Å². The summed E-state index contributed by atoms with van der Waals surface area (Å²) in [6.07, 6.45) is 5.44. The van der Waals surface area contributed by atoms with Crippen LogP contribution < -0.4 is 4.74 Å². The van der Waals surface area contributed by atoms with Crippen LogP contribution in [0.25, 0.3) is 16.3 Å². The van der Waals surface area contributed by atoms with Crippen molar-refractivity contribution in [2.24, 2.45) is 11.8 Å². The fourth-order valence-electron chi connectivity index (χ4n) is 5.06. The first-order chi connectivity index (χ1) is 14.5. The molecule has 2 aromatic heterocycles. The van der Waals surface area contributed by atoms with Gasteiger partial charge in [-0.3, -0.25) is 0 Å². The molecule has 8 heteroatoms. The lowest BCUT2D eigenvalue weighted by atomic mass is 9.86. The molecule has 4 heterocycles. The van der Waals surface area contributed by atoms with E-state index >= 15 is 0 Å². The van der Waals surface area contributed by atoms with Gasteiger partial charge in [-0.1, -0.05) is 23.4 Å². The number of aryl methyl sites for hydroxylation is 1. The van der Waals surface area contributed by atoms with E-state index in [0.717, 1.165) is 30.8 Å². The van der Waals surface area contributed by atoms with Gasteiger partial charge in [-0.15, -0.1) is 5.10 Å². The molecule has 1 N–H and O–H groups in total.